The summed E-state index contributed by atoms with van der Waals surface area (Å²) in [5.41, 5.74) is -0.619. The maximum absolute atomic E-state index is 12.0. The minimum Gasteiger partial charge on any atom is -0.478 e. The number of carboxylic acid groups (broad SMARTS) is 1. The van der Waals surface area contributed by atoms with Gasteiger partial charge in [0.2, 0.25) is 0 Å². The van der Waals surface area contributed by atoms with E-state index in [9.17, 15) is 29.1 Å². The fourth-order valence-corrected chi connectivity index (χ4v) is 2.98. The van der Waals surface area contributed by atoms with E-state index in [1.54, 1.807) is 0 Å². The van der Waals surface area contributed by atoms with Crippen LogP contribution < -0.4 is 9.80 Å². The number of hydrogen-bond donors (Lipinski definition) is 1. The second-order valence-electron chi connectivity index (χ2n) is 4.81. The number of carboxylic acids is 1. The summed E-state index contributed by atoms with van der Waals surface area (Å²) in [6.07, 6.45) is 3.05. The van der Waals surface area contributed by atoms with Crippen molar-refractivity contribution in [3.8, 4) is 0 Å². The Kier molecular flexibility index (Phi) is 4.13. The van der Waals surface area contributed by atoms with Crippen molar-refractivity contribution in [3.63, 3.8) is 0 Å². The molecule has 0 saturated carbocycles. The molecule has 0 aliphatic carbocycles. The van der Waals surface area contributed by atoms with Crippen LogP contribution in [-0.4, -0.2) is 39.7 Å². The number of aromatic carboxylic acids is 1. The van der Waals surface area contributed by atoms with Gasteiger partial charge in [-0.2, -0.15) is 0 Å². The zero-order chi connectivity index (χ0) is 18.5. The van der Waals surface area contributed by atoms with Crippen LogP contribution in [-0.2, 0) is 19.2 Å². The van der Waals surface area contributed by atoms with Crippen molar-refractivity contribution in [2.75, 3.05) is 9.80 Å². The number of anilines is 2. The van der Waals surface area contributed by atoms with Crippen LogP contribution in [0.15, 0.2) is 33.4 Å². The molecule has 0 aromatic carbocycles. The summed E-state index contributed by atoms with van der Waals surface area (Å²) in [4.78, 5) is 64.4. The predicted molar refractivity (Wildman–Crippen MR) is 90.2 cm³/mol. The van der Waals surface area contributed by atoms with E-state index in [1.165, 1.54) is 0 Å². The Morgan fingerprint density at radius 2 is 1.48 bits per heavy atom. The Balaban J connectivity index is 2.08. The Bertz CT molecular complexity index is 952. The Labute approximate surface area is 155 Å². The first-order valence-electron chi connectivity index (χ1n) is 6.47. The molecule has 0 saturated heterocycles. The van der Waals surface area contributed by atoms with Gasteiger partial charge in [-0.15, -0.1) is 0 Å². The van der Waals surface area contributed by atoms with Gasteiger partial charge in [0.25, 0.3) is 23.6 Å². The standard InChI is InChI=1S/C14H5Br2N3O6/c15-7-2-9(20)18(12(7)22)5-1-6(14(24)25)11(17-4-5)19-10(21)3-8(16)13(19)23/h1-4H,(H,24,25). The normalized spacial score (nSPS) is 17.4. The quantitative estimate of drug-likeness (QED) is 0.655. The number of carbonyl (C=O) groups excluding carboxylic acids is 4. The topological polar surface area (TPSA) is 125 Å². The van der Waals surface area contributed by atoms with E-state index >= 15 is 0 Å². The highest BCUT2D eigenvalue weighted by Gasteiger charge is 2.37. The molecule has 11 heteroatoms. The average Bonchev–Trinajstić information content (AvgIpc) is 2.94. The SMILES string of the molecule is O=C(O)c1cc(N2C(=O)C=C(Br)C2=O)cnc1N1C(=O)C=C(Br)C1=O. The number of aromatic nitrogens is 1. The van der Waals surface area contributed by atoms with Gasteiger partial charge in [0.15, 0.2) is 5.82 Å². The van der Waals surface area contributed by atoms with Crippen LogP contribution in [0.5, 0.6) is 0 Å². The van der Waals surface area contributed by atoms with E-state index in [1.807, 2.05) is 0 Å². The van der Waals surface area contributed by atoms with Crippen LogP contribution >= 0.6 is 31.9 Å². The zero-order valence-electron chi connectivity index (χ0n) is 11.9. The van der Waals surface area contributed by atoms with E-state index in [0.717, 1.165) is 29.3 Å². The number of halogens is 2. The summed E-state index contributed by atoms with van der Waals surface area (Å²) >= 11 is 5.82. The Morgan fingerprint density at radius 1 is 0.960 bits per heavy atom. The maximum Gasteiger partial charge on any atom is 0.339 e. The largest absolute Gasteiger partial charge is 0.478 e. The number of carbonyl (C=O) groups is 5. The number of hydrogen-bond acceptors (Lipinski definition) is 6. The van der Waals surface area contributed by atoms with Gasteiger partial charge in [-0.3, -0.25) is 19.2 Å². The van der Waals surface area contributed by atoms with Crippen molar-refractivity contribution < 1.29 is 29.1 Å². The van der Waals surface area contributed by atoms with Gasteiger partial charge >= 0.3 is 5.97 Å². The summed E-state index contributed by atoms with van der Waals surface area (Å²) in [7, 11) is 0. The lowest BCUT2D eigenvalue weighted by Crippen LogP contribution is -2.34. The van der Waals surface area contributed by atoms with Crippen molar-refractivity contribution >= 4 is 73.0 Å². The summed E-state index contributed by atoms with van der Waals surface area (Å²) in [6.45, 7) is 0. The molecule has 2 aliphatic rings. The lowest BCUT2D eigenvalue weighted by molar-refractivity contribution is -0.121. The van der Waals surface area contributed by atoms with Crippen molar-refractivity contribution in [3.05, 3.63) is 38.9 Å². The van der Waals surface area contributed by atoms with Crippen LogP contribution in [0.1, 0.15) is 10.4 Å². The summed E-state index contributed by atoms with van der Waals surface area (Å²) in [5, 5.41) is 9.39. The average molecular weight is 471 g/mol. The first-order chi connectivity index (χ1) is 11.7. The van der Waals surface area contributed by atoms with E-state index in [-0.39, 0.29) is 14.7 Å². The second-order valence-corrected chi connectivity index (χ2v) is 6.52. The van der Waals surface area contributed by atoms with Gasteiger partial charge in [-0.25, -0.2) is 19.6 Å². The van der Waals surface area contributed by atoms with Crippen LogP contribution in [0.25, 0.3) is 0 Å². The number of pyridine rings is 1. The van der Waals surface area contributed by atoms with E-state index < -0.39 is 41.0 Å². The number of amides is 4. The molecule has 4 amide bonds. The highest BCUT2D eigenvalue weighted by atomic mass is 79.9. The molecule has 1 N–H and O–H groups in total. The van der Waals surface area contributed by atoms with E-state index in [2.05, 4.69) is 36.8 Å². The smallest absolute Gasteiger partial charge is 0.339 e. The number of rotatable bonds is 3. The van der Waals surface area contributed by atoms with Crippen molar-refractivity contribution in [2.24, 2.45) is 0 Å². The molecule has 0 unspecified atom stereocenters. The molecule has 0 atom stereocenters. The van der Waals surface area contributed by atoms with Crippen molar-refractivity contribution in [1.82, 2.24) is 4.98 Å². The highest BCUT2D eigenvalue weighted by molar-refractivity contribution is 9.12. The third-order valence-corrected chi connectivity index (χ3v) is 4.44. The minimum absolute atomic E-state index is 0.0106. The Hall–Kier alpha value is -2.66. The fourth-order valence-electron chi connectivity index (χ4n) is 2.23. The first kappa shape index (κ1) is 17.2. The van der Waals surface area contributed by atoms with Gasteiger partial charge in [0, 0.05) is 12.2 Å². The summed E-state index contributed by atoms with van der Waals surface area (Å²) < 4.78 is -0.0331. The van der Waals surface area contributed by atoms with Crippen LogP contribution in [0, 0.1) is 0 Å². The van der Waals surface area contributed by atoms with E-state index in [4.69, 9.17) is 0 Å². The molecule has 0 radical (unpaired) electrons. The third-order valence-electron chi connectivity index (χ3n) is 3.31. The molecule has 1 aromatic heterocycles. The molecule has 1 aromatic rings. The van der Waals surface area contributed by atoms with Crippen LogP contribution in [0.2, 0.25) is 0 Å². The molecule has 3 heterocycles. The Morgan fingerprint density at radius 3 is 1.92 bits per heavy atom. The molecular formula is C14H5Br2N3O6. The van der Waals surface area contributed by atoms with Crippen LogP contribution in [0.4, 0.5) is 11.5 Å². The second kappa shape index (κ2) is 6.01. The fraction of sp³-hybridized carbons (Fsp3) is 0. The molecular weight excluding hydrogens is 466 g/mol. The lowest BCUT2D eigenvalue weighted by Gasteiger charge is -2.19. The summed E-state index contributed by atoms with van der Waals surface area (Å²) in [6, 6.07) is 0.993. The molecule has 2 aliphatic heterocycles. The van der Waals surface area contributed by atoms with Gasteiger partial charge in [0.05, 0.1) is 20.8 Å². The molecule has 0 bridgehead atoms. The maximum atomic E-state index is 12.0. The van der Waals surface area contributed by atoms with Gasteiger partial charge in [-0.1, -0.05) is 0 Å². The summed E-state index contributed by atoms with van der Waals surface area (Å²) in [5.74, 6) is -4.81. The molecule has 9 nitrogen and oxygen atoms in total. The minimum atomic E-state index is -1.49. The monoisotopic (exact) mass is 469 g/mol. The molecule has 0 spiro atoms. The van der Waals surface area contributed by atoms with Gasteiger partial charge in [0.1, 0.15) is 5.56 Å². The molecule has 25 heavy (non-hydrogen) atoms. The van der Waals surface area contributed by atoms with Gasteiger partial charge < -0.3 is 5.11 Å². The zero-order valence-corrected chi connectivity index (χ0v) is 15.1. The molecule has 126 valence electrons. The van der Waals surface area contributed by atoms with Crippen molar-refractivity contribution in [2.45, 2.75) is 0 Å². The number of imide groups is 2. The molecule has 3 rings (SSSR count). The predicted octanol–water partition coefficient (Wildman–Crippen LogP) is 1.08. The highest BCUT2D eigenvalue weighted by Crippen LogP contribution is 2.31. The first-order valence-corrected chi connectivity index (χ1v) is 8.05. The van der Waals surface area contributed by atoms with Crippen molar-refractivity contribution in [1.29, 1.82) is 0 Å². The third kappa shape index (κ3) is 2.70. The van der Waals surface area contributed by atoms with E-state index in [0.29, 0.717) is 4.90 Å². The van der Waals surface area contributed by atoms with Gasteiger partial charge in [-0.05, 0) is 37.9 Å². The van der Waals surface area contributed by atoms with Crippen LogP contribution in [0.3, 0.4) is 0 Å². The lowest BCUT2D eigenvalue weighted by atomic mass is 10.2. The molecule has 0 fully saturated rings. The number of nitrogens with zero attached hydrogens (tertiary/aromatic N) is 3.